The molecule has 0 fully saturated rings. The zero-order chi connectivity index (χ0) is 28.7. The Labute approximate surface area is 245 Å². The van der Waals surface area contributed by atoms with Gasteiger partial charge in [-0.1, -0.05) is 54.6 Å². The van der Waals surface area contributed by atoms with E-state index in [4.69, 9.17) is 4.42 Å². The molecule has 9 rings (SSSR count). The highest BCUT2D eigenvalue weighted by Gasteiger charge is 2.20. The number of hydrogen-bond donors (Lipinski definition) is 0. The van der Waals surface area contributed by atoms with Crippen LogP contribution >= 0.6 is 0 Å². The maximum absolute atomic E-state index is 9.99. The maximum Gasteiger partial charge on any atom is 0.159 e. The predicted molar refractivity (Wildman–Crippen MR) is 172 cm³/mol. The molecule has 0 saturated heterocycles. The molecule has 0 unspecified atom stereocenters. The van der Waals surface area contributed by atoms with Crippen molar-refractivity contribution in [2.75, 3.05) is 0 Å². The number of aromatic nitrogens is 2. The van der Waals surface area contributed by atoms with Crippen molar-refractivity contribution < 1.29 is 4.42 Å². The minimum Gasteiger partial charge on any atom is -0.454 e. The van der Waals surface area contributed by atoms with Gasteiger partial charge in [0.05, 0.1) is 51.0 Å². The Morgan fingerprint density at radius 1 is 0.465 bits per heavy atom. The Morgan fingerprint density at radius 3 is 1.81 bits per heavy atom. The Hall–Kier alpha value is -6.30. The molecule has 0 N–H and O–H groups in total. The molecule has 5 heteroatoms. The van der Waals surface area contributed by atoms with Crippen LogP contribution in [0.3, 0.4) is 0 Å². The van der Waals surface area contributed by atoms with Gasteiger partial charge < -0.3 is 13.6 Å². The molecular weight excluding hydrogens is 528 g/mol. The van der Waals surface area contributed by atoms with Crippen LogP contribution in [0.15, 0.2) is 126 Å². The highest BCUT2D eigenvalue weighted by molar-refractivity contribution is 6.14. The zero-order valence-electron chi connectivity index (χ0n) is 22.7. The van der Waals surface area contributed by atoms with Crippen molar-refractivity contribution in [2.24, 2.45) is 0 Å². The van der Waals surface area contributed by atoms with Crippen LogP contribution in [0.5, 0.6) is 0 Å². The van der Waals surface area contributed by atoms with Crippen LogP contribution < -0.4 is 0 Å². The van der Waals surface area contributed by atoms with E-state index in [0.717, 1.165) is 76.9 Å². The Kier molecular flexibility index (Phi) is 4.68. The second kappa shape index (κ2) is 8.60. The molecule has 0 bridgehead atoms. The predicted octanol–water partition coefficient (Wildman–Crippen LogP) is 9.52. The van der Waals surface area contributed by atoms with Crippen molar-refractivity contribution in [3.63, 3.8) is 0 Å². The molecule has 0 aliphatic rings. The van der Waals surface area contributed by atoms with E-state index in [0.29, 0.717) is 11.1 Å². The average Bonchev–Trinajstić information content (AvgIpc) is 3.71. The fraction of sp³-hybridized carbons (Fsp3) is 0. The molecule has 3 heterocycles. The number of rotatable bonds is 2. The summed E-state index contributed by atoms with van der Waals surface area (Å²) in [6.45, 7) is 0. The first-order valence-electron chi connectivity index (χ1n) is 14.1. The van der Waals surface area contributed by atoms with Gasteiger partial charge >= 0.3 is 0 Å². The van der Waals surface area contributed by atoms with E-state index in [1.54, 1.807) is 0 Å². The molecule has 0 radical (unpaired) electrons. The zero-order valence-corrected chi connectivity index (χ0v) is 22.7. The third-order valence-electron chi connectivity index (χ3n) is 8.54. The van der Waals surface area contributed by atoms with Crippen LogP contribution in [0, 0.1) is 22.7 Å². The normalized spacial score (nSPS) is 11.7. The second-order valence-electron chi connectivity index (χ2n) is 10.8. The van der Waals surface area contributed by atoms with Gasteiger partial charge in [0.15, 0.2) is 5.58 Å². The maximum atomic E-state index is 9.99. The lowest BCUT2D eigenvalue weighted by Gasteiger charge is -2.11. The van der Waals surface area contributed by atoms with Crippen LogP contribution in [-0.4, -0.2) is 9.13 Å². The monoisotopic (exact) mass is 548 g/mol. The van der Waals surface area contributed by atoms with Crippen molar-refractivity contribution in [2.45, 2.75) is 0 Å². The number of hydrogen-bond acceptors (Lipinski definition) is 3. The first-order chi connectivity index (χ1) is 21.2. The molecule has 3 aromatic heterocycles. The van der Waals surface area contributed by atoms with E-state index in [2.05, 4.69) is 69.8 Å². The summed E-state index contributed by atoms with van der Waals surface area (Å²) in [4.78, 5) is 0. The lowest BCUT2D eigenvalue weighted by atomic mass is 10.1. The van der Waals surface area contributed by atoms with Gasteiger partial charge in [-0.05, 0) is 66.7 Å². The van der Waals surface area contributed by atoms with Gasteiger partial charge in [0.2, 0.25) is 0 Å². The van der Waals surface area contributed by atoms with Crippen molar-refractivity contribution in [1.82, 2.24) is 9.13 Å². The fourth-order valence-electron chi connectivity index (χ4n) is 6.72. The highest BCUT2D eigenvalue weighted by Crippen LogP contribution is 2.40. The van der Waals surface area contributed by atoms with E-state index in [1.807, 2.05) is 72.8 Å². The summed E-state index contributed by atoms with van der Waals surface area (Å²) in [6.07, 6.45) is 0. The van der Waals surface area contributed by atoms with E-state index in [9.17, 15) is 10.5 Å². The van der Waals surface area contributed by atoms with E-state index in [1.165, 1.54) is 0 Å². The molecule has 5 nitrogen and oxygen atoms in total. The lowest BCUT2D eigenvalue weighted by Crippen LogP contribution is -1.97. The minimum atomic E-state index is 0.582. The van der Waals surface area contributed by atoms with Crippen LogP contribution in [0.4, 0.5) is 0 Å². The van der Waals surface area contributed by atoms with Gasteiger partial charge in [-0.2, -0.15) is 10.5 Å². The number of nitriles is 2. The molecule has 198 valence electrons. The van der Waals surface area contributed by atoms with Crippen molar-refractivity contribution >= 4 is 65.6 Å². The van der Waals surface area contributed by atoms with Crippen molar-refractivity contribution in [1.29, 1.82) is 10.5 Å². The first kappa shape index (κ1) is 23.4. The molecule has 0 aliphatic heterocycles. The summed E-state index contributed by atoms with van der Waals surface area (Å²) in [6, 6.07) is 45.6. The molecule has 0 spiro atoms. The molecule has 0 atom stereocenters. The SMILES string of the molecule is N#Cc1cc(-n2c3ccccc3c3cc(-n4c5ccccc5c5cc(C#N)ccc54)ccc32)c2oc3ccccc3c2c1. The van der Waals surface area contributed by atoms with E-state index in [-0.39, 0.29) is 0 Å². The van der Waals surface area contributed by atoms with Crippen LogP contribution in [0.25, 0.3) is 76.9 Å². The van der Waals surface area contributed by atoms with Crippen molar-refractivity contribution in [3.8, 4) is 23.5 Å². The van der Waals surface area contributed by atoms with Crippen LogP contribution in [0.2, 0.25) is 0 Å². The summed E-state index contributed by atoms with van der Waals surface area (Å²) in [5.41, 5.74) is 8.84. The molecule has 43 heavy (non-hydrogen) atoms. The molecule has 0 amide bonds. The fourth-order valence-corrected chi connectivity index (χ4v) is 6.72. The largest absolute Gasteiger partial charge is 0.454 e. The molecule has 9 aromatic rings. The second-order valence-corrected chi connectivity index (χ2v) is 10.8. The number of benzene rings is 6. The number of nitrogens with zero attached hydrogens (tertiary/aromatic N) is 4. The molecular formula is C38H20N4O. The third kappa shape index (κ3) is 3.19. The van der Waals surface area contributed by atoms with Gasteiger partial charge in [-0.3, -0.25) is 0 Å². The smallest absolute Gasteiger partial charge is 0.159 e. The highest BCUT2D eigenvalue weighted by atomic mass is 16.3. The van der Waals surface area contributed by atoms with E-state index < -0.39 is 0 Å². The number of furan rings is 1. The Balaban J connectivity index is 1.38. The average molecular weight is 549 g/mol. The molecule has 0 saturated carbocycles. The van der Waals surface area contributed by atoms with Crippen LogP contribution in [0.1, 0.15) is 11.1 Å². The Morgan fingerprint density at radius 2 is 1.05 bits per heavy atom. The van der Waals surface area contributed by atoms with Gasteiger partial charge in [0, 0.05) is 38.0 Å². The molecule has 0 aliphatic carbocycles. The van der Waals surface area contributed by atoms with E-state index >= 15 is 0 Å². The van der Waals surface area contributed by atoms with Gasteiger partial charge in [0.25, 0.3) is 0 Å². The van der Waals surface area contributed by atoms with Gasteiger partial charge in [-0.25, -0.2) is 0 Å². The number of para-hydroxylation sites is 3. The first-order valence-corrected chi connectivity index (χ1v) is 14.1. The molecule has 6 aromatic carbocycles. The minimum absolute atomic E-state index is 0.582. The standard InChI is InChI=1S/C38H20N4O/c39-21-23-13-15-34-29(17-23)26-7-1-4-10-32(26)41(34)25-14-16-35-30(20-25)27-8-2-5-11-33(27)42(35)36-19-24(22-40)18-31-28-9-3-6-12-37(28)43-38(31)36/h1-20H. The van der Waals surface area contributed by atoms with Gasteiger partial charge in [0.1, 0.15) is 5.58 Å². The lowest BCUT2D eigenvalue weighted by molar-refractivity contribution is 0.666. The summed E-state index contributed by atoms with van der Waals surface area (Å²) in [5, 5.41) is 25.8. The quantitative estimate of drug-likeness (QED) is 0.216. The summed E-state index contributed by atoms with van der Waals surface area (Å²) in [7, 11) is 0. The summed E-state index contributed by atoms with van der Waals surface area (Å²) in [5.74, 6) is 0. The topological polar surface area (TPSA) is 70.6 Å². The summed E-state index contributed by atoms with van der Waals surface area (Å²) >= 11 is 0. The summed E-state index contributed by atoms with van der Waals surface area (Å²) < 4.78 is 10.9. The van der Waals surface area contributed by atoms with Crippen molar-refractivity contribution in [3.05, 3.63) is 132 Å². The van der Waals surface area contributed by atoms with Crippen LogP contribution in [-0.2, 0) is 0 Å². The Bertz CT molecular complexity index is 2710. The van der Waals surface area contributed by atoms with Gasteiger partial charge in [-0.15, -0.1) is 0 Å². The third-order valence-corrected chi connectivity index (χ3v) is 8.54. The number of fused-ring (bicyclic) bond motifs is 9.